The van der Waals surface area contributed by atoms with Crippen molar-refractivity contribution >= 4 is 11.3 Å². The van der Waals surface area contributed by atoms with Crippen molar-refractivity contribution in [1.82, 2.24) is 4.40 Å². The quantitative estimate of drug-likeness (QED) is 0.623. The Morgan fingerprint density at radius 1 is 1.00 bits per heavy atom. The second-order valence-corrected chi connectivity index (χ2v) is 4.38. The van der Waals surface area contributed by atoms with Crippen LogP contribution in [0.15, 0.2) is 60.9 Å². The first-order chi connectivity index (χ1) is 8.77. The molecule has 0 spiro atoms. The molecule has 0 aliphatic heterocycles. The molecule has 0 bridgehead atoms. The van der Waals surface area contributed by atoms with Gasteiger partial charge in [-0.1, -0.05) is 36.4 Å². The van der Waals surface area contributed by atoms with Gasteiger partial charge in [0.2, 0.25) is 0 Å². The molecule has 0 unspecified atom stereocenters. The summed E-state index contributed by atoms with van der Waals surface area (Å²) in [4.78, 5) is 12.5. The van der Waals surface area contributed by atoms with Gasteiger partial charge in [0.15, 0.2) is 5.78 Å². The van der Waals surface area contributed by atoms with Gasteiger partial charge < -0.3 is 4.40 Å². The van der Waals surface area contributed by atoms with Gasteiger partial charge in [0.1, 0.15) is 0 Å². The summed E-state index contributed by atoms with van der Waals surface area (Å²) >= 11 is 0. The summed E-state index contributed by atoms with van der Waals surface area (Å²) in [5.41, 5.74) is 3.50. The molecule has 88 valence electrons. The van der Waals surface area contributed by atoms with Crippen LogP contribution in [0, 0.1) is 6.92 Å². The number of hydrogen-bond donors (Lipinski definition) is 0. The van der Waals surface area contributed by atoms with E-state index in [1.54, 1.807) is 0 Å². The highest BCUT2D eigenvalue weighted by molar-refractivity contribution is 6.14. The number of fused-ring (bicyclic) bond motifs is 1. The highest BCUT2D eigenvalue weighted by Crippen LogP contribution is 2.21. The molecule has 0 fully saturated rings. The number of nitrogens with zero attached hydrogens (tertiary/aromatic N) is 1. The molecule has 1 aromatic carbocycles. The summed E-state index contributed by atoms with van der Waals surface area (Å²) in [5, 5.41) is 0. The first-order valence-electron chi connectivity index (χ1n) is 5.93. The normalized spacial score (nSPS) is 10.7. The lowest BCUT2D eigenvalue weighted by Crippen LogP contribution is -2.02. The number of ketones is 1. The van der Waals surface area contributed by atoms with Crippen molar-refractivity contribution in [1.29, 1.82) is 0 Å². The van der Waals surface area contributed by atoms with Crippen LogP contribution in [0.5, 0.6) is 0 Å². The third kappa shape index (κ3) is 1.63. The van der Waals surface area contributed by atoms with E-state index in [0.717, 1.165) is 22.2 Å². The molecular formula is C16H13NO. The molecule has 2 heterocycles. The first-order valence-corrected chi connectivity index (χ1v) is 5.93. The second-order valence-electron chi connectivity index (χ2n) is 4.38. The van der Waals surface area contributed by atoms with Crippen LogP contribution in [0.25, 0.3) is 5.52 Å². The number of aromatic nitrogens is 1. The number of benzene rings is 1. The van der Waals surface area contributed by atoms with Crippen LogP contribution in [0.4, 0.5) is 0 Å². The fourth-order valence-corrected chi connectivity index (χ4v) is 2.28. The van der Waals surface area contributed by atoms with Crippen LogP contribution < -0.4 is 0 Å². The van der Waals surface area contributed by atoms with Crippen LogP contribution in [-0.2, 0) is 0 Å². The Labute approximate surface area is 105 Å². The summed E-state index contributed by atoms with van der Waals surface area (Å²) in [7, 11) is 0. The van der Waals surface area contributed by atoms with Crippen molar-refractivity contribution in [3.8, 4) is 0 Å². The predicted molar refractivity (Wildman–Crippen MR) is 72.0 cm³/mol. The van der Waals surface area contributed by atoms with E-state index in [1.165, 1.54) is 0 Å². The summed E-state index contributed by atoms with van der Waals surface area (Å²) < 4.78 is 1.99. The molecular weight excluding hydrogens is 222 g/mol. The molecule has 0 atom stereocenters. The van der Waals surface area contributed by atoms with Gasteiger partial charge in [-0.15, -0.1) is 0 Å². The minimum absolute atomic E-state index is 0.0850. The van der Waals surface area contributed by atoms with Crippen LogP contribution in [0.3, 0.4) is 0 Å². The molecule has 0 saturated carbocycles. The number of hydrogen-bond acceptors (Lipinski definition) is 1. The molecule has 0 N–H and O–H groups in total. The maximum atomic E-state index is 12.5. The zero-order valence-electron chi connectivity index (χ0n) is 10.1. The number of aryl methyl sites for hydroxylation is 1. The highest BCUT2D eigenvalue weighted by atomic mass is 16.1. The van der Waals surface area contributed by atoms with Gasteiger partial charge in [-0.3, -0.25) is 4.79 Å². The van der Waals surface area contributed by atoms with Crippen molar-refractivity contribution < 1.29 is 4.79 Å². The Bertz CT molecular complexity index is 710. The highest BCUT2D eigenvalue weighted by Gasteiger charge is 2.16. The van der Waals surface area contributed by atoms with Gasteiger partial charge in [0, 0.05) is 18.0 Å². The van der Waals surface area contributed by atoms with Crippen LogP contribution in [-0.4, -0.2) is 10.2 Å². The lowest BCUT2D eigenvalue weighted by Gasteiger charge is -2.01. The van der Waals surface area contributed by atoms with Crippen molar-refractivity contribution in [2.45, 2.75) is 6.92 Å². The molecule has 2 aromatic heterocycles. The van der Waals surface area contributed by atoms with Gasteiger partial charge in [-0.05, 0) is 24.6 Å². The van der Waals surface area contributed by atoms with Crippen molar-refractivity contribution in [2.75, 3.05) is 0 Å². The Hall–Kier alpha value is -2.35. The second kappa shape index (κ2) is 4.15. The smallest absolute Gasteiger partial charge is 0.195 e. The summed E-state index contributed by atoms with van der Waals surface area (Å²) in [6.45, 7) is 1.98. The maximum Gasteiger partial charge on any atom is 0.195 e. The third-order valence-corrected chi connectivity index (χ3v) is 3.14. The van der Waals surface area contributed by atoms with Gasteiger partial charge in [0.25, 0.3) is 0 Å². The van der Waals surface area contributed by atoms with E-state index in [4.69, 9.17) is 0 Å². The molecule has 2 heteroatoms. The van der Waals surface area contributed by atoms with E-state index in [2.05, 4.69) is 0 Å². The van der Waals surface area contributed by atoms with E-state index in [-0.39, 0.29) is 5.78 Å². The number of carbonyl (C=O) groups is 1. The fourth-order valence-electron chi connectivity index (χ4n) is 2.28. The molecule has 0 aliphatic rings. The lowest BCUT2D eigenvalue weighted by atomic mass is 10.0. The summed E-state index contributed by atoms with van der Waals surface area (Å²) in [6, 6.07) is 15.3. The van der Waals surface area contributed by atoms with Crippen molar-refractivity contribution in [3.63, 3.8) is 0 Å². The third-order valence-electron chi connectivity index (χ3n) is 3.14. The van der Waals surface area contributed by atoms with Crippen LogP contribution in [0.2, 0.25) is 0 Å². The zero-order chi connectivity index (χ0) is 12.5. The van der Waals surface area contributed by atoms with E-state index < -0.39 is 0 Å². The Morgan fingerprint density at radius 3 is 2.50 bits per heavy atom. The van der Waals surface area contributed by atoms with E-state index in [1.807, 2.05) is 72.2 Å². The van der Waals surface area contributed by atoms with Crippen LogP contribution >= 0.6 is 0 Å². The average molecular weight is 235 g/mol. The number of rotatable bonds is 2. The van der Waals surface area contributed by atoms with Gasteiger partial charge in [0.05, 0.1) is 11.1 Å². The lowest BCUT2D eigenvalue weighted by molar-refractivity contribution is 0.104. The minimum atomic E-state index is 0.0850. The molecule has 0 saturated heterocycles. The van der Waals surface area contributed by atoms with E-state index in [9.17, 15) is 4.79 Å². The van der Waals surface area contributed by atoms with Gasteiger partial charge in [-0.2, -0.15) is 0 Å². The maximum absolute atomic E-state index is 12.5. The van der Waals surface area contributed by atoms with Crippen molar-refractivity contribution in [3.05, 3.63) is 77.6 Å². The monoisotopic (exact) mass is 235 g/mol. The Balaban J connectivity index is 2.21. The number of carbonyl (C=O) groups excluding carboxylic acids is 1. The fraction of sp³-hybridized carbons (Fsp3) is 0.0625. The molecule has 3 aromatic rings. The van der Waals surface area contributed by atoms with E-state index in [0.29, 0.717) is 0 Å². The minimum Gasteiger partial charge on any atom is -0.323 e. The Morgan fingerprint density at radius 2 is 1.72 bits per heavy atom. The molecule has 0 radical (unpaired) electrons. The van der Waals surface area contributed by atoms with Crippen LogP contribution in [0.1, 0.15) is 21.5 Å². The first kappa shape index (κ1) is 10.8. The topological polar surface area (TPSA) is 21.5 Å². The number of pyridine rings is 1. The van der Waals surface area contributed by atoms with E-state index >= 15 is 0 Å². The zero-order valence-corrected chi connectivity index (χ0v) is 10.1. The largest absolute Gasteiger partial charge is 0.323 e. The summed E-state index contributed by atoms with van der Waals surface area (Å²) in [6.07, 6.45) is 3.95. The van der Waals surface area contributed by atoms with Gasteiger partial charge in [-0.25, -0.2) is 0 Å². The molecule has 0 aliphatic carbocycles. The molecule has 18 heavy (non-hydrogen) atoms. The molecule has 3 rings (SSSR count). The Kier molecular flexibility index (Phi) is 2.49. The molecule has 2 nitrogen and oxygen atoms in total. The SMILES string of the molecule is Cc1cn2ccccc2c1C(=O)c1ccccc1. The predicted octanol–water partition coefficient (Wildman–Crippen LogP) is 3.48. The average Bonchev–Trinajstić information content (AvgIpc) is 2.75. The van der Waals surface area contributed by atoms with Gasteiger partial charge >= 0.3 is 0 Å². The standard InChI is InChI=1S/C16H13NO/c1-12-11-17-10-6-5-9-14(17)15(12)16(18)13-7-3-2-4-8-13/h2-11H,1H3. The van der Waals surface area contributed by atoms with Crippen molar-refractivity contribution in [2.24, 2.45) is 0 Å². The summed E-state index contributed by atoms with van der Waals surface area (Å²) in [5.74, 6) is 0.0850. The molecule has 0 amide bonds.